The van der Waals surface area contributed by atoms with Crippen LogP contribution in [0.3, 0.4) is 0 Å². The Hall–Kier alpha value is -1.89. The first-order valence-electron chi connectivity index (χ1n) is 7.49. The third kappa shape index (κ3) is 3.30. The van der Waals surface area contributed by atoms with E-state index in [1.165, 1.54) is 0 Å². The van der Waals surface area contributed by atoms with Crippen LogP contribution < -0.4 is 9.80 Å². The third-order valence-electron chi connectivity index (χ3n) is 3.73. The summed E-state index contributed by atoms with van der Waals surface area (Å²) in [6.45, 7) is 5.79. The van der Waals surface area contributed by atoms with Gasteiger partial charge in [0.15, 0.2) is 5.16 Å². The lowest BCUT2D eigenvalue weighted by atomic mass is 10.3. The molecule has 1 aliphatic heterocycles. The van der Waals surface area contributed by atoms with Gasteiger partial charge in [0.2, 0.25) is 5.95 Å². The zero-order chi connectivity index (χ0) is 15.4. The summed E-state index contributed by atoms with van der Waals surface area (Å²) < 4.78 is 0. The first-order valence-corrected chi connectivity index (χ1v) is 8.71. The van der Waals surface area contributed by atoms with E-state index < -0.39 is 0 Å². The minimum atomic E-state index is 0.809. The van der Waals surface area contributed by atoms with Crippen LogP contribution in [0, 0.1) is 0 Å². The molecule has 0 unspecified atom stereocenters. The summed E-state index contributed by atoms with van der Waals surface area (Å²) in [7, 11) is 0. The van der Waals surface area contributed by atoms with Crippen LogP contribution >= 0.6 is 11.8 Å². The fourth-order valence-corrected chi connectivity index (χ4v) is 2.88. The summed E-state index contributed by atoms with van der Waals surface area (Å²) in [5.41, 5.74) is 1.10. The van der Waals surface area contributed by atoms with Crippen LogP contribution in [0.1, 0.15) is 12.6 Å². The average Bonchev–Trinajstić information content (AvgIpc) is 2.62. The fraction of sp³-hybridized carbons (Fsp3) is 0.467. The number of nitrogens with zero attached hydrogens (tertiary/aromatic N) is 6. The molecule has 6 nitrogen and oxygen atoms in total. The van der Waals surface area contributed by atoms with Gasteiger partial charge in [0, 0.05) is 50.3 Å². The fourth-order valence-electron chi connectivity index (χ4n) is 2.48. The second-order valence-corrected chi connectivity index (χ2v) is 5.85. The van der Waals surface area contributed by atoms with E-state index in [1.54, 1.807) is 24.2 Å². The average molecular weight is 316 g/mol. The molecule has 3 heterocycles. The van der Waals surface area contributed by atoms with Gasteiger partial charge in [0.05, 0.1) is 0 Å². The van der Waals surface area contributed by atoms with E-state index in [-0.39, 0.29) is 0 Å². The molecular formula is C15H20N6S. The van der Waals surface area contributed by atoms with Gasteiger partial charge in [-0.3, -0.25) is 0 Å². The predicted octanol–water partition coefficient (Wildman–Crippen LogP) is 1.88. The number of piperazine rings is 1. The summed E-state index contributed by atoms with van der Waals surface area (Å²) in [5.74, 6) is 1.84. The Kier molecular flexibility index (Phi) is 4.72. The van der Waals surface area contributed by atoms with Gasteiger partial charge in [0.25, 0.3) is 0 Å². The van der Waals surface area contributed by atoms with Crippen LogP contribution in [0.4, 0.5) is 11.8 Å². The molecular weight excluding hydrogens is 296 g/mol. The molecule has 0 saturated carbocycles. The van der Waals surface area contributed by atoms with Gasteiger partial charge in [-0.2, -0.15) is 0 Å². The largest absolute Gasteiger partial charge is 0.353 e. The second kappa shape index (κ2) is 6.91. The van der Waals surface area contributed by atoms with Crippen LogP contribution in [0.2, 0.25) is 0 Å². The number of anilines is 2. The van der Waals surface area contributed by atoms with Crippen LogP contribution in [0.25, 0.3) is 0 Å². The molecule has 1 fully saturated rings. The van der Waals surface area contributed by atoms with Gasteiger partial charge in [-0.15, -0.1) is 0 Å². The Morgan fingerprint density at radius 2 is 1.73 bits per heavy atom. The van der Waals surface area contributed by atoms with Gasteiger partial charge >= 0.3 is 0 Å². The maximum absolute atomic E-state index is 4.65. The lowest BCUT2D eigenvalue weighted by molar-refractivity contribution is 0.630. The molecule has 0 spiro atoms. The Morgan fingerprint density at radius 1 is 1.05 bits per heavy atom. The van der Waals surface area contributed by atoms with E-state index in [0.29, 0.717) is 0 Å². The zero-order valence-corrected chi connectivity index (χ0v) is 13.8. The lowest BCUT2D eigenvalue weighted by Crippen LogP contribution is -2.47. The molecule has 0 aromatic carbocycles. The SMILES string of the molecule is CCc1cc(N2CCN(c3ncccn3)CC2)nc(SC)n1. The van der Waals surface area contributed by atoms with Gasteiger partial charge < -0.3 is 9.80 Å². The highest BCUT2D eigenvalue weighted by Gasteiger charge is 2.20. The summed E-state index contributed by atoms with van der Waals surface area (Å²) in [6, 6.07) is 3.95. The zero-order valence-electron chi connectivity index (χ0n) is 12.9. The Bertz CT molecular complexity index is 590. The van der Waals surface area contributed by atoms with Crippen molar-refractivity contribution in [2.45, 2.75) is 18.5 Å². The molecule has 0 bridgehead atoms. The Balaban J connectivity index is 1.71. The molecule has 0 atom stereocenters. The first kappa shape index (κ1) is 15.0. The Labute approximate surface area is 135 Å². The molecule has 116 valence electrons. The van der Waals surface area contributed by atoms with E-state index >= 15 is 0 Å². The molecule has 0 N–H and O–H groups in total. The van der Waals surface area contributed by atoms with Crippen molar-refractivity contribution in [2.24, 2.45) is 0 Å². The first-order chi connectivity index (χ1) is 10.8. The van der Waals surface area contributed by atoms with Crippen LogP contribution in [-0.2, 0) is 6.42 Å². The molecule has 0 aliphatic carbocycles. The van der Waals surface area contributed by atoms with Crippen LogP contribution in [0.15, 0.2) is 29.7 Å². The van der Waals surface area contributed by atoms with Gasteiger partial charge in [-0.05, 0) is 18.7 Å². The second-order valence-electron chi connectivity index (χ2n) is 5.08. The molecule has 0 radical (unpaired) electrons. The number of aryl methyl sites for hydroxylation is 1. The maximum atomic E-state index is 4.65. The normalized spacial score (nSPS) is 15.2. The van der Waals surface area contributed by atoms with Gasteiger partial charge in [-0.1, -0.05) is 18.7 Å². The molecule has 2 aromatic rings. The molecule has 22 heavy (non-hydrogen) atoms. The highest BCUT2D eigenvalue weighted by atomic mass is 32.2. The van der Waals surface area contributed by atoms with Crippen molar-refractivity contribution >= 4 is 23.5 Å². The number of aromatic nitrogens is 4. The van der Waals surface area contributed by atoms with Crippen molar-refractivity contribution < 1.29 is 0 Å². The summed E-state index contributed by atoms with van der Waals surface area (Å²) >= 11 is 1.59. The summed E-state index contributed by atoms with van der Waals surface area (Å²) in [4.78, 5) is 22.4. The molecule has 7 heteroatoms. The van der Waals surface area contributed by atoms with E-state index in [4.69, 9.17) is 0 Å². The number of thioether (sulfide) groups is 1. The van der Waals surface area contributed by atoms with Crippen molar-refractivity contribution in [1.29, 1.82) is 0 Å². The van der Waals surface area contributed by atoms with Crippen LogP contribution in [0.5, 0.6) is 0 Å². The molecule has 3 rings (SSSR count). The monoisotopic (exact) mass is 316 g/mol. The van der Waals surface area contributed by atoms with E-state index in [2.05, 4.69) is 42.7 Å². The Morgan fingerprint density at radius 3 is 2.36 bits per heavy atom. The van der Waals surface area contributed by atoms with Crippen molar-refractivity contribution in [2.75, 3.05) is 42.2 Å². The van der Waals surface area contributed by atoms with Crippen molar-refractivity contribution in [3.63, 3.8) is 0 Å². The van der Waals surface area contributed by atoms with E-state index in [9.17, 15) is 0 Å². The number of hydrogen-bond donors (Lipinski definition) is 0. The number of rotatable bonds is 4. The standard InChI is InChI=1S/C15H20N6S/c1-3-12-11-13(19-15(18-12)22-2)20-7-9-21(10-8-20)14-16-5-4-6-17-14/h4-6,11H,3,7-10H2,1-2H3. The van der Waals surface area contributed by atoms with Crippen LogP contribution in [-0.4, -0.2) is 52.4 Å². The lowest BCUT2D eigenvalue weighted by Gasteiger charge is -2.35. The minimum Gasteiger partial charge on any atom is -0.353 e. The maximum Gasteiger partial charge on any atom is 0.225 e. The molecule has 2 aromatic heterocycles. The van der Waals surface area contributed by atoms with Gasteiger partial charge in [0.1, 0.15) is 5.82 Å². The highest BCUT2D eigenvalue weighted by Crippen LogP contribution is 2.20. The smallest absolute Gasteiger partial charge is 0.225 e. The number of hydrogen-bond acceptors (Lipinski definition) is 7. The molecule has 1 aliphatic rings. The topological polar surface area (TPSA) is 58.0 Å². The van der Waals surface area contributed by atoms with Crippen molar-refractivity contribution in [3.05, 3.63) is 30.2 Å². The minimum absolute atomic E-state index is 0.809. The molecule has 1 saturated heterocycles. The summed E-state index contributed by atoms with van der Waals surface area (Å²) in [6.07, 6.45) is 6.53. The van der Waals surface area contributed by atoms with Gasteiger partial charge in [-0.25, -0.2) is 19.9 Å². The van der Waals surface area contributed by atoms with E-state index in [0.717, 1.165) is 55.2 Å². The highest BCUT2D eigenvalue weighted by molar-refractivity contribution is 7.98. The quantitative estimate of drug-likeness (QED) is 0.630. The third-order valence-corrected chi connectivity index (χ3v) is 4.28. The van der Waals surface area contributed by atoms with Crippen molar-refractivity contribution in [1.82, 2.24) is 19.9 Å². The predicted molar refractivity (Wildman–Crippen MR) is 89.6 cm³/mol. The van der Waals surface area contributed by atoms with Crippen molar-refractivity contribution in [3.8, 4) is 0 Å². The summed E-state index contributed by atoms with van der Waals surface area (Å²) in [5, 5.41) is 0.850. The van der Waals surface area contributed by atoms with E-state index in [1.807, 2.05) is 12.3 Å². The molecule has 0 amide bonds.